The number of amidine groups is 3. The van der Waals surface area contributed by atoms with Crippen LogP contribution in [0.2, 0.25) is 0 Å². The summed E-state index contributed by atoms with van der Waals surface area (Å²) in [5.41, 5.74) is 2.29. The minimum atomic E-state index is -0.388. The monoisotopic (exact) mass is 418 g/mol. The van der Waals surface area contributed by atoms with Gasteiger partial charge in [0, 0.05) is 31.5 Å². The first-order chi connectivity index (χ1) is 14.7. The van der Waals surface area contributed by atoms with Crippen LogP contribution in [0.1, 0.15) is 30.5 Å². The molecule has 3 aliphatic rings. The Bertz CT molecular complexity index is 1080. The van der Waals surface area contributed by atoms with Gasteiger partial charge in [-0.2, -0.15) is 10.0 Å². The van der Waals surface area contributed by atoms with Gasteiger partial charge in [0.25, 0.3) is 5.91 Å². The summed E-state index contributed by atoms with van der Waals surface area (Å²) in [5.74, 6) is -0.307. The van der Waals surface area contributed by atoms with E-state index in [-0.39, 0.29) is 17.3 Å². The van der Waals surface area contributed by atoms with Gasteiger partial charge in [0.2, 0.25) is 5.17 Å². The van der Waals surface area contributed by atoms with Crippen molar-refractivity contribution in [3.05, 3.63) is 65.5 Å². The third kappa shape index (κ3) is 3.59. The molecule has 1 fully saturated rings. The molecule has 4 heterocycles. The Balaban J connectivity index is 1.41. The van der Waals surface area contributed by atoms with E-state index in [1.54, 1.807) is 6.08 Å². The number of nitrogens with zero attached hydrogens (tertiary/aromatic N) is 5. The predicted molar refractivity (Wildman–Crippen MR) is 120 cm³/mol. The highest BCUT2D eigenvalue weighted by molar-refractivity contribution is 8.26. The average Bonchev–Trinajstić information content (AvgIpc) is 3.39. The number of aliphatic imine (C=N–C) groups is 1. The van der Waals surface area contributed by atoms with E-state index in [0.29, 0.717) is 11.7 Å². The fraction of sp³-hybridized carbons (Fsp3) is 0.273. The van der Waals surface area contributed by atoms with E-state index in [9.17, 15) is 4.79 Å². The summed E-state index contributed by atoms with van der Waals surface area (Å²) in [7, 11) is 0. The van der Waals surface area contributed by atoms with Crippen molar-refractivity contribution in [3.8, 4) is 0 Å². The highest BCUT2D eigenvalue weighted by atomic mass is 32.2. The lowest BCUT2D eigenvalue weighted by Crippen LogP contribution is -2.35. The summed E-state index contributed by atoms with van der Waals surface area (Å²) in [6.45, 7) is 2.62. The molecule has 1 N–H and O–H groups in total. The van der Waals surface area contributed by atoms with E-state index in [4.69, 9.17) is 5.41 Å². The molecular weight excluding hydrogens is 396 g/mol. The topological polar surface area (TPSA) is 77.0 Å². The normalized spacial score (nSPS) is 20.5. The number of rotatable bonds is 3. The van der Waals surface area contributed by atoms with Crippen LogP contribution in [0.3, 0.4) is 0 Å². The number of benzene rings is 1. The number of carbonyl (C=O) groups is 1. The molecular formula is C22H22N6OS. The molecule has 8 heteroatoms. The molecule has 5 rings (SSSR count). The third-order valence-corrected chi connectivity index (χ3v) is 6.39. The summed E-state index contributed by atoms with van der Waals surface area (Å²) < 4.78 is 2.06. The van der Waals surface area contributed by atoms with E-state index in [1.807, 2.05) is 36.5 Å². The van der Waals surface area contributed by atoms with Crippen LogP contribution in [0.15, 0.2) is 64.3 Å². The van der Waals surface area contributed by atoms with Crippen molar-refractivity contribution in [1.82, 2.24) is 14.5 Å². The number of nitrogens with one attached hydrogen (secondary N) is 1. The molecule has 3 aliphatic heterocycles. The van der Waals surface area contributed by atoms with Gasteiger partial charge in [0.15, 0.2) is 11.0 Å². The minimum absolute atomic E-state index is 0.0805. The van der Waals surface area contributed by atoms with Crippen molar-refractivity contribution in [1.29, 1.82) is 5.41 Å². The number of amides is 1. The maximum Gasteiger partial charge on any atom is 0.283 e. The van der Waals surface area contributed by atoms with Crippen LogP contribution in [-0.4, -0.2) is 49.6 Å². The number of hydrogen-bond acceptors (Lipinski definition) is 5. The van der Waals surface area contributed by atoms with Crippen LogP contribution in [0.5, 0.6) is 0 Å². The van der Waals surface area contributed by atoms with E-state index in [2.05, 4.69) is 31.7 Å². The molecule has 0 saturated carbocycles. The maximum absolute atomic E-state index is 12.7. The van der Waals surface area contributed by atoms with Gasteiger partial charge in [-0.3, -0.25) is 10.2 Å². The number of fused-ring (bicyclic) bond motifs is 1. The molecule has 1 aromatic carbocycles. The quantitative estimate of drug-likeness (QED) is 0.773. The second kappa shape index (κ2) is 7.95. The number of piperidine rings is 1. The molecule has 1 aromatic heterocycles. The molecule has 2 aromatic rings. The lowest BCUT2D eigenvalue weighted by Gasteiger charge is -2.26. The Labute approximate surface area is 179 Å². The highest BCUT2D eigenvalue weighted by Crippen LogP contribution is 2.30. The van der Waals surface area contributed by atoms with Gasteiger partial charge in [-0.25, -0.2) is 0 Å². The van der Waals surface area contributed by atoms with E-state index in [0.717, 1.165) is 36.8 Å². The second-order valence-corrected chi connectivity index (χ2v) is 8.43. The molecule has 0 spiro atoms. The van der Waals surface area contributed by atoms with Crippen molar-refractivity contribution in [2.75, 3.05) is 13.1 Å². The number of thioether (sulfide) groups is 1. The zero-order valence-corrected chi connectivity index (χ0v) is 17.3. The fourth-order valence-corrected chi connectivity index (χ4v) is 4.77. The molecule has 0 aliphatic carbocycles. The summed E-state index contributed by atoms with van der Waals surface area (Å²) in [4.78, 5) is 19.2. The molecule has 152 valence electrons. The van der Waals surface area contributed by atoms with Gasteiger partial charge in [0.05, 0.1) is 5.57 Å². The number of aromatic nitrogens is 1. The SMILES string of the molecule is N=C1/C(=C/c2cccn2Cc2ccccc2)C(=O)N=C2SC(N3CCCCC3)=NN12. The Morgan fingerprint density at radius 2 is 1.83 bits per heavy atom. The predicted octanol–water partition coefficient (Wildman–Crippen LogP) is 3.60. The minimum Gasteiger partial charge on any atom is -0.349 e. The largest absolute Gasteiger partial charge is 0.349 e. The Hall–Kier alpha value is -3.13. The molecule has 1 saturated heterocycles. The number of carbonyl (C=O) groups excluding carboxylic acids is 1. The van der Waals surface area contributed by atoms with Crippen molar-refractivity contribution in [2.24, 2.45) is 10.1 Å². The summed E-state index contributed by atoms with van der Waals surface area (Å²) >= 11 is 1.38. The summed E-state index contributed by atoms with van der Waals surface area (Å²) in [5, 5.41) is 16.0. The first kappa shape index (κ1) is 18.9. The number of hydrogen-bond donors (Lipinski definition) is 1. The molecule has 0 unspecified atom stereocenters. The summed E-state index contributed by atoms with van der Waals surface area (Å²) in [6.07, 6.45) is 7.25. The lowest BCUT2D eigenvalue weighted by molar-refractivity contribution is -0.114. The van der Waals surface area contributed by atoms with Crippen molar-refractivity contribution in [3.63, 3.8) is 0 Å². The molecule has 1 amide bonds. The molecule has 7 nitrogen and oxygen atoms in total. The van der Waals surface area contributed by atoms with E-state index >= 15 is 0 Å². The van der Waals surface area contributed by atoms with Crippen LogP contribution in [0, 0.1) is 5.41 Å². The van der Waals surface area contributed by atoms with Crippen LogP contribution in [-0.2, 0) is 11.3 Å². The summed E-state index contributed by atoms with van der Waals surface area (Å²) in [6, 6.07) is 14.0. The number of hydrazone groups is 1. The van der Waals surface area contributed by atoms with Gasteiger partial charge in [-0.05, 0) is 54.8 Å². The molecule has 30 heavy (non-hydrogen) atoms. The van der Waals surface area contributed by atoms with E-state index < -0.39 is 0 Å². The Kier molecular flexibility index (Phi) is 5.00. The third-order valence-electron chi connectivity index (χ3n) is 5.42. The Morgan fingerprint density at radius 3 is 2.63 bits per heavy atom. The van der Waals surface area contributed by atoms with Gasteiger partial charge < -0.3 is 9.47 Å². The van der Waals surface area contributed by atoms with Crippen molar-refractivity contribution >= 4 is 39.9 Å². The van der Waals surface area contributed by atoms with E-state index in [1.165, 1.54) is 28.8 Å². The zero-order chi connectivity index (χ0) is 20.5. The van der Waals surface area contributed by atoms with Crippen molar-refractivity contribution in [2.45, 2.75) is 25.8 Å². The molecule has 0 radical (unpaired) electrons. The van der Waals surface area contributed by atoms with Gasteiger partial charge in [0.1, 0.15) is 0 Å². The molecule has 0 bridgehead atoms. The van der Waals surface area contributed by atoms with Gasteiger partial charge in [-0.1, -0.05) is 30.3 Å². The van der Waals surface area contributed by atoms with Crippen LogP contribution in [0.25, 0.3) is 6.08 Å². The molecule has 0 atom stereocenters. The zero-order valence-electron chi connectivity index (χ0n) is 16.5. The average molecular weight is 419 g/mol. The fourth-order valence-electron chi connectivity index (χ4n) is 3.83. The first-order valence-corrected chi connectivity index (χ1v) is 10.9. The lowest BCUT2D eigenvalue weighted by atomic mass is 10.1. The Morgan fingerprint density at radius 1 is 1.03 bits per heavy atom. The standard InChI is InChI=1S/C22H22N6OS/c23-19-18(14-17-10-7-13-27(17)15-16-8-3-1-4-9-16)20(29)24-21-28(19)25-22(30-21)26-11-5-2-6-12-26/h1,3-4,7-10,13-14,23H,2,5-6,11-12,15H2/b18-14-,23-19?. The van der Waals surface area contributed by atoms with Crippen LogP contribution in [0.4, 0.5) is 0 Å². The second-order valence-electron chi connectivity index (χ2n) is 7.50. The first-order valence-electron chi connectivity index (χ1n) is 10.1. The van der Waals surface area contributed by atoms with Gasteiger partial charge in [-0.15, -0.1) is 5.10 Å². The van der Waals surface area contributed by atoms with Crippen molar-refractivity contribution < 1.29 is 4.79 Å². The van der Waals surface area contributed by atoms with Crippen LogP contribution >= 0.6 is 11.8 Å². The maximum atomic E-state index is 12.7. The highest BCUT2D eigenvalue weighted by Gasteiger charge is 2.37. The smallest absolute Gasteiger partial charge is 0.283 e. The van der Waals surface area contributed by atoms with Gasteiger partial charge >= 0.3 is 0 Å². The number of likely N-dealkylation sites (tertiary alicyclic amines) is 1. The van der Waals surface area contributed by atoms with Crippen LogP contribution < -0.4 is 0 Å².